The Hall–Kier alpha value is -0.970. The van der Waals surface area contributed by atoms with E-state index in [0.717, 1.165) is 23.9 Å². The molecule has 0 aliphatic carbocycles. The summed E-state index contributed by atoms with van der Waals surface area (Å²) in [5.41, 5.74) is 5.49. The molecule has 0 bridgehead atoms. The van der Waals surface area contributed by atoms with Crippen molar-refractivity contribution in [2.45, 2.75) is 13.0 Å². The highest BCUT2D eigenvalue weighted by molar-refractivity contribution is 7.99. The molecule has 1 atom stereocenters. The monoisotopic (exact) mass is 210 g/mol. The largest absolute Gasteiger partial charge is 0.382 e. The van der Waals surface area contributed by atoms with Gasteiger partial charge < -0.3 is 10.6 Å². The van der Waals surface area contributed by atoms with Crippen molar-refractivity contribution in [1.29, 1.82) is 0 Å². The topological polar surface area (TPSA) is 55.0 Å². The average molecular weight is 210 g/mol. The van der Waals surface area contributed by atoms with Crippen LogP contribution in [0.3, 0.4) is 0 Å². The Morgan fingerprint density at radius 3 is 3.00 bits per heavy atom. The van der Waals surface area contributed by atoms with Gasteiger partial charge in [0.05, 0.1) is 0 Å². The van der Waals surface area contributed by atoms with Crippen LogP contribution in [0.4, 0.5) is 11.6 Å². The average Bonchev–Trinajstić information content (AvgIpc) is 2.20. The fraction of sp³-hybridized carbons (Fsp3) is 0.556. The first-order valence-corrected chi connectivity index (χ1v) is 5.86. The molecule has 2 rings (SSSR count). The van der Waals surface area contributed by atoms with Crippen LogP contribution in [0.15, 0.2) is 12.1 Å². The number of rotatable bonds is 1. The first-order chi connectivity index (χ1) is 6.77. The number of nitrogen functional groups attached to an aromatic ring is 1. The second-order valence-corrected chi connectivity index (χ2v) is 4.58. The van der Waals surface area contributed by atoms with E-state index in [2.05, 4.69) is 22.0 Å². The lowest BCUT2D eigenvalue weighted by Crippen LogP contribution is -2.41. The Balaban J connectivity index is 2.16. The lowest BCUT2D eigenvalue weighted by Gasteiger charge is -2.33. The van der Waals surface area contributed by atoms with Crippen LogP contribution in [0, 0.1) is 0 Å². The molecule has 1 unspecified atom stereocenters. The third-order valence-electron chi connectivity index (χ3n) is 2.33. The molecule has 1 aliphatic rings. The highest BCUT2D eigenvalue weighted by atomic mass is 32.2. The fourth-order valence-electron chi connectivity index (χ4n) is 1.56. The van der Waals surface area contributed by atoms with Crippen LogP contribution in [-0.4, -0.2) is 34.3 Å². The number of hydrogen-bond donors (Lipinski definition) is 1. The van der Waals surface area contributed by atoms with Gasteiger partial charge in [-0.05, 0) is 19.1 Å². The molecule has 1 fully saturated rings. The van der Waals surface area contributed by atoms with Gasteiger partial charge in [0, 0.05) is 24.1 Å². The van der Waals surface area contributed by atoms with E-state index in [4.69, 9.17) is 5.73 Å². The summed E-state index contributed by atoms with van der Waals surface area (Å²) in [5.74, 6) is 3.74. The molecular weight excluding hydrogens is 196 g/mol. The van der Waals surface area contributed by atoms with Crippen molar-refractivity contribution in [2.75, 3.05) is 28.7 Å². The van der Waals surface area contributed by atoms with E-state index in [1.165, 1.54) is 0 Å². The van der Waals surface area contributed by atoms with E-state index in [-0.39, 0.29) is 0 Å². The van der Waals surface area contributed by atoms with Crippen molar-refractivity contribution >= 4 is 23.4 Å². The van der Waals surface area contributed by atoms with Crippen LogP contribution < -0.4 is 10.6 Å². The summed E-state index contributed by atoms with van der Waals surface area (Å²) < 4.78 is 0. The lowest BCUT2D eigenvalue weighted by atomic mass is 10.3. The van der Waals surface area contributed by atoms with Crippen molar-refractivity contribution < 1.29 is 0 Å². The van der Waals surface area contributed by atoms with Crippen molar-refractivity contribution in [3.63, 3.8) is 0 Å². The van der Waals surface area contributed by atoms with Gasteiger partial charge in [-0.3, -0.25) is 0 Å². The Bertz CT molecular complexity index is 300. The van der Waals surface area contributed by atoms with Gasteiger partial charge in [-0.25, -0.2) is 0 Å². The first-order valence-electron chi connectivity index (χ1n) is 4.71. The maximum Gasteiger partial charge on any atom is 0.151 e. The van der Waals surface area contributed by atoms with Gasteiger partial charge in [-0.2, -0.15) is 11.8 Å². The third kappa shape index (κ3) is 1.92. The summed E-state index contributed by atoms with van der Waals surface area (Å²) in [5, 5.41) is 7.96. The second-order valence-electron chi connectivity index (χ2n) is 3.43. The van der Waals surface area contributed by atoms with Crippen LogP contribution in [0.2, 0.25) is 0 Å². The Kier molecular flexibility index (Phi) is 2.77. The Morgan fingerprint density at radius 1 is 1.50 bits per heavy atom. The molecule has 76 valence electrons. The molecule has 1 aromatic rings. The number of anilines is 2. The van der Waals surface area contributed by atoms with Gasteiger partial charge in [0.1, 0.15) is 5.82 Å². The quantitative estimate of drug-likeness (QED) is 0.749. The normalized spacial score (nSPS) is 22.4. The summed E-state index contributed by atoms with van der Waals surface area (Å²) in [7, 11) is 0. The SMILES string of the molecule is CC1CSCCN1c1ccc(N)nn1. The van der Waals surface area contributed by atoms with E-state index in [1.54, 1.807) is 6.07 Å². The maximum absolute atomic E-state index is 5.49. The summed E-state index contributed by atoms with van der Waals surface area (Å²) >= 11 is 1.99. The van der Waals surface area contributed by atoms with Crippen LogP contribution >= 0.6 is 11.8 Å². The molecule has 0 aromatic carbocycles. The molecule has 5 heteroatoms. The maximum atomic E-state index is 5.49. The number of aromatic nitrogens is 2. The molecule has 1 aliphatic heterocycles. The molecule has 0 spiro atoms. The summed E-state index contributed by atoms with van der Waals surface area (Å²) in [6, 6.07) is 4.28. The molecular formula is C9H14N4S. The van der Waals surface area contributed by atoms with Crippen molar-refractivity contribution in [1.82, 2.24) is 10.2 Å². The van der Waals surface area contributed by atoms with Gasteiger partial charge in [0.15, 0.2) is 5.82 Å². The van der Waals surface area contributed by atoms with Crippen molar-refractivity contribution in [3.05, 3.63) is 12.1 Å². The minimum Gasteiger partial charge on any atom is -0.382 e. The van der Waals surface area contributed by atoms with E-state index in [1.807, 2.05) is 17.8 Å². The molecule has 0 amide bonds. The standard InChI is InChI=1S/C9H14N4S/c1-7-6-14-5-4-13(7)9-3-2-8(10)11-12-9/h2-3,7H,4-6H2,1H3,(H2,10,11). The smallest absolute Gasteiger partial charge is 0.151 e. The number of thioether (sulfide) groups is 1. The van der Waals surface area contributed by atoms with Gasteiger partial charge >= 0.3 is 0 Å². The zero-order chi connectivity index (χ0) is 9.97. The van der Waals surface area contributed by atoms with E-state index in [0.29, 0.717) is 11.9 Å². The van der Waals surface area contributed by atoms with Gasteiger partial charge in [0.2, 0.25) is 0 Å². The second kappa shape index (κ2) is 4.04. The zero-order valence-corrected chi connectivity index (χ0v) is 9.00. The molecule has 0 radical (unpaired) electrons. The highest BCUT2D eigenvalue weighted by Gasteiger charge is 2.19. The first kappa shape index (κ1) is 9.58. The predicted molar refractivity (Wildman–Crippen MR) is 60.6 cm³/mol. The van der Waals surface area contributed by atoms with Gasteiger partial charge in [-0.1, -0.05) is 0 Å². The van der Waals surface area contributed by atoms with Crippen molar-refractivity contribution in [3.8, 4) is 0 Å². The Morgan fingerprint density at radius 2 is 2.36 bits per heavy atom. The van der Waals surface area contributed by atoms with Gasteiger partial charge in [-0.15, -0.1) is 10.2 Å². The number of nitrogens with two attached hydrogens (primary N) is 1. The lowest BCUT2D eigenvalue weighted by molar-refractivity contribution is 0.683. The third-order valence-corrected chi connectivity index (χ3v) is 3.52. The van der Waals surface area contributed by atoms with Crippen LogP contribution in [0.1, 0.15) is 6.92 Å². The predicted octanol–water partition coefficient (Wildman–Crippen LogP) is 1.00. The summed E-state index contributed by atoms with van der Waals surface area (Å²) in [6.45, 7) is 3.26. The van der Waals surface area contributed by atoms with E-state index >= 15 is 0 Å². The van der Waals surface area contributed by atoms with E-state index in [9.17, 15) is 0 Å². The molecule has 1 saturated heterocycles. The fourth-order valence-corrected chi connectivity index (χ4v) is 2.57. The minimum absolute atomic E-state index is 0.479. The number of hydrogen-bond acceptors (Lipinski definition) is 5. The summed E-state index contributed by atoms with van der Waals surface area (Å²) in [6.07, 6.45) is 0. The molecule has 2 heterocycles. The van der Waals surface area contributed by atoms with Gasteiger partial charge in [0.25, 0.3) is 0 Å². The molecule has 14 heavy (non-hydrogen) atoms. The van der Waals surface area contributed by atoms with Crippen molar-refractivity contribution in [2.24, 2.45) is 0 Å². The Labute approximate surface area is 87.9 Å². The molecule has 0 saturated carbocycles. The molecule has 2 N–H and O–H groups in total. The minimum atomic E-state index is 0.479. The van der Waals surface area contributed by atoms with Crippen LogP contribution in [-0.2, 0) is 0 Å². The summed E-state index contributed by atoms with van der Waals surface area (Å²) in [4.78, 5) is 2.28. The number of nitrogens with zero attached hydrogens (tertiary/aromatic N) is 3. The molecule has 4 nitrogen and oxygen atoms in total. The van der Waals surface area contributed by atoms with Crippen LogP contribution in [0.25, 0.3) is 0 Å². The van der Waals surface area contributed by atoms with Crippen LogP contribution in [0.5, 0.6) is 0 Å². The molecule has 1 aromatic heterocycles. The zero-order valence-electron chi connectivity index (χ0n) is 8.18. The van der Waals surface area contributed by atoms with E-state index < -0.39 is 0 Å². The highest BCUT2D eigenvalue weighted by Crippen LogP contribution is 2.21.